The number of aromatic carboxylic acids is 1. The van der Waals surface area contributed by atoms with Crippen LogP contribution in [0.1, 0.15) is 44.5 Å². The Bertz CT molecular complexity index is 542. The predicted molar refractivity (Wildman–Crippen MR) is 88.7 cm³/mol. The Labute approximate surface area is 138 Å². The molecular weight excluding hydrogens is 385 g/mol. The number of halogens is 1. The molecule has 0 heterocycles. The van der Waals surface area contributed by atoms with Crippen molar-refractivity contribution < 1.29 is 19.4 Å². The van der Waals surface area contributed by atoms with Crippen molar-refractivity contribution in [3.63, 3.8) is 0 Å². The molecule has 0 aromatic heterocycles. The van der Waals surface area contributed by atoms with Crippen LogP contribution in [-0.2, 0) is 4.79 Å². The molecule has 1 aromatic rings. The van der Waals surface area contributed by atoms with E-state index in [-0.39, 0.29) is 17.0 Å². The van der Waals surface area contributed by atoms with Crippen LogP contribution in [0, 0.1) is 3.57 Å². The summed E-state index contributed by atoms with van der Waals surface area (Å²) in [5, 5.41) is 11.9. The second-order valence-corrected chi connectivity index (χ2v) is 6.60. The Morgan fingerprint density at radius 1 is 1.43 bits per heavy atom. The molecule has 1 aromatic carbocycles. The van der Waals surface area contributed by atoms with E-state index in [1.807, 2.05) is 43.4 Å². The summed E-state index contributed by atoms with van der Waals surface area (Å²) in [6, 6.07) is 4.58. The van der Waals surface area contributed by atoms with Gasteiger partial charge in [-0.15, -0.1) is 0 Å². The molecule has 1 amide bonds. The highest BCUT2D eigenvalue weighted by molar-refractivity contribution is 14.1. The van der Waals surface area contributed by atoms with Crippen LogP contribution < -0.4 is 10.1 Å². The molecule has 21 heavy (non-hydrogen) atoms. The maximum Gasteiger partial charge on any atom is 0.335 e. The standard InChI is InChI=1S/C15H20INO4/c1-5-15(3,4)17-13(18)9(2)21-12-8-10(14(19)20)6-7-11(12)16/h6-9H,5H2,1-4H3,(H,17,18)(H,19,20). The van der Waals surface area contributed by atoms with E-state index in [1.54, 1.807) is 13.0 Å². The first-order valence-electron chi connectivity index (χ1n) is 6.68. The number of rotatable bonds is 6. The Kier molecular flexibility index (Phi) is 6.00. The van der Waals surface area contributed by atoms with E-state index in [4.69, 9.17) is 9.84 Å². The topological polar surface area (TPSA) is 75.6 Å². The van der Waals surface area contributed by atoms with Gasteiger partial charge in [0.1, 0.15) is 5.75 Å². The summed E-state index contributed by atoms with van der Waals surface area (Å²) in [5.74, 6) is -0.855. The van der Waals surface area contributed by atoms with Crippen molar-refractivity contribution in [1.29, 1.82) is 0 Å². The lowest BCUT2D eigenvalue weighted by Crippen LogP contribution is -2.48. The zero-order valence-corrected chi connectivity index (χ0v) is 14.7. The number of carbonyl (C=O) groups excluding carboxylic acids is 1. The molecule has 0 aliphatic carbocycles. The number of hydrogen-bond donors (Lipinski definition) is 2. The van der Waals surface area contributed by atoms with Crippen LogP contribution in [0.2, 0.25) is 0 Å². The lowest BCUT2D eigenvalue weighted by molar-refractivity contribution is -0.129. The number of carboxylic acids is 1. The largest absolute Gasteiger partial charge is 0.480 e. The zero-order valence-electron chi connectivity index (χ0n) is 12.6. The molecule has 5 nitrogen and oxygen atoms in total. The Morgan fingerprint density at radius 2 is 2.05 bits per heavy atom. The van der Waals surface area contributed by atoms with Crippen LogP contribution in [-0.4, -0.2) is 28.6 Å². The average molecular weight is 405 g/mol. The van der Waals surface area contributed by atoms with E-state index in [9.17, 15) is 9.59 Å². The van der Waals surface area contributed by atoms with Crippen LogP contribution in [0.4, 0.5) is 0 Å². The van der Waals surface area contributed by atoms with Crippen molar-refractivity contribution >= 4 is 34.5 Å². The zero-order chi connectivity index (χ0) is 16.2. The second kappa shape index (κ2) is 7.11. The lowest BCUT2D eigenvalue weighted by Gasteiger charge is -2.26. The van der Waals surface area contributed by atoms with Gasteiger partial charge in [0.2, 0.25) is 0 Å². The maximum atomic E-state index is 12.1. The molecule has 0 radical (unpaired) electrons. The number of carbonyl (C=O) groups is 2. The monoisotopic (exact) mass is 405 g/mol. The SMILES string of the molecule is CCC(C)(C)NC(=O)C(C)Oc1cc(C(=O)O)ccc1I. The van der Waals surface area contributed by atoms with Crippen LogP contribution in [0.15, 0.2) is 18.2 Å². The Hall–Kier alpha value is -1.31. The molecule has 1 unspecified atom stereocenters. The molecule has 0 fully saturated rings. The normalized spacial score (nSPS) is 12.6. The van der Waals surface area contributed by atoms with Gasteiger partial charge in [0.25, 0.3) is 5.91 Å². The summed E-state index contributed by atoms with van der Waals surface area (Å²) in [6.45, 7) is 7.51. The van der Waals surface area contributed by atoms with Crippen LogP contribution in [0.3, 0.4) is 0 Å². The van der Waals surface area contributed by atoms with Crippen molar-refractivity contribution in [3.8, 4) is 5.75 Å². The summed E-state index contributed by atoms with van der Waals surface area (Å²) >= 11 is 2.04. The highest BCUT2D eigenvalue weighted by Crippen LogP contribution is 2.23. The number of ether oxygens (including phenoxy) is 1. The maximum absolute atomic E-state index is 12.1. The smallest absolute Gasteiger partial charge is 0.335 e. The van der Waals surface area contributed by atoms with E-state index in [0.717, 1.165) is 9.99 Å². The summed E-state index contributed by atoms with van der Waals surface area (Å²) in [7, 11) is 0. The first-order valence-corrected chi connectivity index (χ1v) is 7.75. The molecule has 0 saturated heterocycles. The van der Waals surface area contributed by atoms with Gasteiger partial charge in [-0.25, -0.2) is 4.79 Å². The third-order valence-corrected chi connectivity index (χ3v) is 4.09. The molecule has 116 valence electrons. The number of benzene rings is 1. The highest BCUT2D eigenvalue weighted by Gasteiger charge is 2.23. The summed E-state index contributed by atoms with van der Waals surface area (Å²) in [4.78, 5) is 23.1. The van der Waals surface area contributed by atoms with E-state index in [2.05, 4.69) is 5.32 Å². The van der Waals surface area contributed by atoms with E-state index < -0.39 is 12.1 Å². The van der Waals surface area contributed by atoms with Gasteiger partial charge in [-0.2, -0.15) is 0 Å². The number of hydrogen-bond acceptors (Lipinski definition) is 3. The average Bonchev–Trinajstić information content (AvgIpc) is 2.40. The van der Waals surface area contributed by atoms with Crippen LogP contribution >= 0.6 is 22.6 Å². The van der Waals surface area contributed by atoms with Crippen molar-refractivity contribution in [1.82, 2.24) is 5.32 Å². The molecule has 1 atom stereocenters. The van der Waals surface area contributed by atoms with Gasteiger partial charge < -0.3 is 15.2 Å². The van der Waals surface area contributed by atoms with Gasteiger partial charge >= 0.3 is 5.97 Å². The minimum atomic E-state index is -1.03. The number of carboxylic acid groups (broad SMARTS) is 1. The van der Waals surface area contributed by atoms with Crippen molar-refractivity contribution in [3.05, 3.63) is 27.3 Å². The fourth-order valence-corrected chi connectivity index (χ4v) is 1.96. The molecule has 2 N–H and O–H groups in total. The molecule has 0 spiro atoms. The van der Waals surface area contributed by atoms with Crippen molar-refractivity contribution in [2.24, 2.45) is 0 Å². The van der Waals surface area contributed by atoms with Crippen LogP contribution in [0.5, 0.6) is 5.75 Å². The van der Waals surface area contributed by atoms with E-state index in [1.165, 1.54) is 12.1 Å². The minimum absolute atomic E-state index is 0.131. The van der Waals surface area contributed by atoms with Gasteiger partial charge in [0.15, 0.2) is 6.10 Å². The van der Waals surface area contributed by atoms with Crippen molar-refractivity contribution in [2.75, 3.05) is 0 Å². The summed E-state index contributed by atoms with van der Waals surface area (Å²) < 4.78 is 6.36. The second-order valence-electron chi connectivity index (χ2n) is 5.44. The first kappa shape index (κ1) is 17.7. The highest BCUT2D eigenvalue weighted by atomic mass is 127. The van der Waals surface area contributed by atoms with Crippen LogP contribution in [0.25, 0.3) is 0 Å². The third kappa shape index (κ3) is 5.18. The number of nitrogens with one attached hydrogen (secondary N) is 1. The molecule has 6 heteroatoms. The molecule has 0 aliphatic rings. The fraction of sp³-hybridized carbons (Fsp3) is 0.467. The third-order valence-electron chi connectivity index (χ3n) is 3.20. The van der Waals surface area contributed by atoms with Gasteiger partial charge in [-0.1, -0.05) is 6.92 Å². The van der Waals surface area contributed by atoms with Gasteiger partial charge in [-0.05, 0) is 68.0 Å². The number of amides is 1. The molecule has 0 bridgehead atoms. The van der Waals surface area contributed by atoms with Gasteiger partial charge in [-0.3, -0.25) is 4.79 Å². The fourth-order valence-electron chi connectivity index (χ4n) is 1.49. The van der Waals surface area contributed by atoms with Gasteiger partial charge in [0, 0.05) is 5.54 Å². The van der Waals surface area contributed by atoms with Gasteiger partial charge in [0.05, 0.1) is 9.13 Å². The molecule has 0 saturated carbocycles. The Morgan fingerprint density at radius 3 is 2.57 bits per heavy atom. The van der Waals surface area contributed by atoms with E-state index >= 15 is 0 Å². The molecule has 0 aliphatic heterocycles. The minimum Gasteiger partial charge on any atom is -0.480 e. The summed E-state index contributed by atoms with van der Waals surface area (Å²) in [6.07, 6.45) is 0.103. The molecule has 1 rings (SSSR count). The van der Waals surface area contributed by atoms with Crippen molar-refractivity contribution in [2.45, 2.75) is 45.8 Å². The quantitative estimate of drug-likeness (QED) is 0.714. The summed E-state index contributed by atoms with van der Waals surface area (Å²) in [5.41, 5.74) is -0.169. The lowest BCUT2D eigenvalue weighted by atomic mass is 10.0. The molecular formula is C15H20INO4. The Balaban J connectivity index is 2.83. The first-order chi connectivity index (χ1) is 9.66. The van der Waals surface area contributed by atoms with E-state index in [0.29, 0.717) is 5.75 Å². The predicted octanol–water partition coefficient (Wildman–Crippen LogP) is 3.06.